The molecule has 0 spiro atoms. The van der Waals surface area contributed by atoms with Gasteiger partial charge in [0.25, 0.3) is 0 Å². The summed E-state index contributed by atoms with van der Waals surface area (Å²) in [6.45, 7) is 6.96. The summed E-state index contributed by atoms with van der Waals surface area (Å²) in [6.07, 6.45) is 6.67. The van der Waals surface area contributed by atoms with E-state index in [1.54, 1.807) is 0 Å². The molecule has 4 rings (SSSR count). The first-order valence-corrected chi connectivity index (χ1v) is 12.2. The van der Waals surface area contributed by atoms with Crippen LogP contribution >= 0.6 is 0 Å². The molecule has 0 heterocycles. The Kier molecular flexibility index (Phi) is 6.04. The van der Waals surface area contributed by atoms with Crippen LogP contribution in [0.5, 0.6) is 0 Å². The number of hydrogen-bond acceptors (Lipinski definition) is 5. The summed E-state index contributed by atoms with van der Waals surface area (Å²) in [5, 5.41) is 32.8. The third kappa shape index (κ3) is 3.44. The van der Waals surface area contributed by atoms with Crippen molar-refractivity contribution in [3.63, 3.8) is 0 Å². The van der Waals surface area contributed by atoms with Gasteiger partial charge in [-0.25, -0.2) is 0 Å². The Labute approximate surface area is 181 Å². The highest BCUT2D eigenvalue weighted by atomic mass is 16.5. The molecule has 0 aromatic carbocycles. The summed E-state index contributed by atoms with van der Waals surface area (Å²) in [7, 11) is 1.44. The Bertz CT molecular complexity index is 651. The predicted octanol–water partition coefficient (Wildman–Crippen LogP) is 3.54. The molecule has 172 valence electrons. The maximum Gasteiger partial charge on any atom is 0.305 e. The molecule has 5 heteroatoms. The maximum absolute atomic E-state index is 11.7. The lowest BCUT2D eigenvalue weighted by atomic mass is 9.43. The molecule has 4 fully saturated rings. The number of carbonyl (C=O) groups excluding carboxylic acids is 1. The molecule has 0 aliphatic heterocycles. The lowest BCUT2D eigenvalue weighted by Crippen LogP contribution is -2.60. The minimum absolute atomic E-state index is 0.00841. The zero-order valence-electron chi connectivity index (χ0n) is 19.2. The molecule has 2 unspecified atom stereocenters. The van der Waals surface area contributed by atoms with Gasteiger partial charge in [0.2, 0.25) is 0 Å². The molecule has 11 atom stereocenters. The van der Waals surface area contributed by atoms with Crippen molar-refractivity contribution < 1.29 is 24.9 Å². The van der Waals surface area contributed by atoms with Crippen LogP contribution < -0.4 is 0 Å². The van der Waals surface area contributed by atoms with Crippen LogP contribution in [0, 0.1) is 46.3 Å². The standard InChI is InChI=1S/C25H42O5/c1-14(5-6-21(29)30-4)18-13-20(28)23-22-17(8-10-25(18,23)3)24(2)9-7-16(26)11-15(24)12-19(22)27/h14-20,22-23,26-28H,5-13H2,1-4H3/t14-,15+,16-,17+,18-,19-,20?,22+,23?,24+,25-/m1/s1. The molecular formula is C25H42O5. The van der Waals surface area contributed by atoms with Crippen LogP contribution in [0.1, 0.15) is 78.6 Å². The lowest BCUT2D eigenvalue weighted by molar-refractivity contribution is -0.185. The number of aliphatic hydroxyl groups excluding tert-OH is 3. The molecule has 3 N–H and O–H groups in total. The third-order valence-corrected chi connectivity index (χ3v) is 10.4. The molecule has 0 amide bonds. The maximum atomic E-state index is 11.7. The number of aliphatic hydroxyl groups is 3. The van der Waals surface area contributed by atoms with E-state index in [1.807, 2.05) is 0 Å². The van der Waals surface area contributed by atoms with Gasteiger partial charge in [0, 0.05) is 6.42 Å². The number of carbonyl (C=O) groups is 1. The van der Waals surface area contributed by atoms with Gasteiger partial charge in [-0.2, -0.15) is 0 Å². The van der Waals surface area contributed by atoms with E-state index in [0.29, 0.717) is 30.1 Å². The number of ether oxygens (including phenoxy) is 1. The highest BCUT2D eigenvalue weighted by Crippen LogP contribution is 2.68. The van der Waals surface area contributed by atoms with Gasteiger partial charge in [-0.1, -0.05) is 20.8 Å². The van der Waals surface area contributed by atoms with Gasteiger partial charge in [-0.3, -0.25) is 4.79 Å². The van der Waals surface area contributed by atoms with Crippen molar-refractivity contribution in [3.8, 4) is 0 Å². The first-order chi connectivity index (χ1) is 14.1. The van der Waals surface area contributed by atoms with Crippen molar-refractivity contribution in [2.24, 2.45) is 46.3 Å². The predicted molar refractivity (Wildman–Crippen MR) is 114 cm³/mol. The average Bonchev–Trinajstić information content (AvgIpc) is 2.98. The van der Waals surface area contributed by atoms with Crippen molar-refractivity contribution in [1.82, 2.24) is 0 Å². The fraction of sp³-hybridized carbons (Fsp3) is 0.960. The monoisotopic (exact) mass is 422 g/mol. The van der Waals surface area contributed by atoms with Crippen LogP contribution in [0.2, 0.25) is 0 Å². The van der Waals surface area contributed by atoms with E-state index in [2.05, 4.69) is 20.8 Å². The molecule has 4 saturated carbocycles. The minimum atomic E-state index is -0.387. The molecule has 0 aromatic rings. The Morgan fingerprint density at radius 3 is 2.43 bits per heavy atom. The second kappa shape index (κ2) is 8.04. The van der Waals surface area contributed by atoms with Crippen LogP contribution in [0.25, 0.3) is 0 Å². The molecule has 0 radical (unpaired) electrons. The van der Waals surface area contributed by atoms with Crippen molar-refractivity contribution in [2.45, 2.75) is 96.9 Å². The lowest BCUT2D eigenvalue weighted by Gasteiger charge is -2.62. The Morgan fingerprint density at radius 1 is 1.03 bits per heavy atom. The highest BCUT2D eigenvalue weighted by molar-refractivity contribution is 5.69. The van der Waals surface area contributed by atoms with Gasteiger partial charge >= 0.3 is 5.97 Å². The summed E-state index contributed by atoms with van der Waals surface area (Å²) < 4.78 is 4.83. The number of fused-ring (bicyclic) bond motifs is 5. The first-order valence-electron chi connectivity index (χ1n) is 12.2. The van der Waals surface area contributed by atoms with Gasteiger partial charge in [0.05, 0.1) is 25.4 Å². The normalized spacial score (nSPS) is 51.4. The summed E-state index contributed by atoms with van der Waals surface area (Å²) in [5.41, 5.74) is 0.174. The molecule has 0 saturated heterocycles. The zero-order chi connectivity index (χ0) is 21.8. The topological polar surface area (TPSA) is 87.0 Å². The van der Waals surface area contributed by atoms with E-state index >= 15 is 0 Å². The number of esters is 1. The van der Waals surface area contributed by atoms with E-state index < -0.39 is 0 Å². The van der Waals surface area contributed by atoms with Crippen LogP contribution in [-0.2, 0) is 9.53 Å². The van der Waals surface area contributed by atoms with Gasteiger partial charge in [-0.05, 0) is 97.7 Å². The quantitative estimate of drug-likeness (QED) is 0.603. The highest BCUT2D eigenvalue weighted by Gasteiger charge is 2.65. The SMILES string of the molecule is COC(=O)CC[C@@H](C)[C@H]1CC(O)C2[C@@H]3[C@H](O)C[C@@H]4C[C@H](O)CC[C@]4(C)[C@H]3CC[C@@]21C. The van der Waals surface area contributed by atoms with Gasteiger partial charge in [0.15, 0.2) is 0 Å². The van der Waals surface area contributed by atoms with Crippen molar-refractivity contribution in [1.29, 1.82) is 0 Å². The third-order valence-electron chi connectivity index (χ3n) is 10.4. The molecule has 5 nitrogen and oxygen atoms in total. The summed E-state index contributed by atoms with van der Waals surface area (Å²) in [6, 6.07) is 0. The van der Waals surface area contributed by atoms with Crippen LogP contribution in [0.15, 0.2) is 0 Å². The number of methoxy groups -OCH3 is 1. The van der Waals surface area contributed by atoms with E-state index in [4.69, 9.17) is 4.74 Å². The number of hydrogen-bond donors (Lipinski definition) is 3. The molecule has 0 bridgehead atoms. The fourth-order valence-corrected chi connectivity index (χ4v) is 8.83. The van der Waals surface area contributed by atoms with E-state index in [-0.39, 0.29) is 46.9 Å². The van der Waals surface area contributed by atoms with E-state index in [9.17, 15) is 20.1 Å². The van der Waals surface area contributed by atoms with Gasteiger partial charge in [0.1, 0.15) is 0 Å². The van der Waals surface area contributed by atoms with Crippen molar-refractivity contribution in [2.75, 3.05) is 7.11 Å². The first kappa shape index (κ1) is 22.5. The average molecular weight is 423 g/mol. The second-order valence-corrected chi connectivity index (χ2v) is 11.7. The molecule has 30 heavy (non-hydrogen) atoms. The fourth-order valence-electron chi connectivity index (χ4n) is 8.83. The van der Waals surface area contributed by atoms with Gasteiger partial charge < -0.3 is 20.1 Å². The molecule has 0 aromatic heterocycles. The Balaban J connectivity index is 1.57. The van der Waals surface area contributed by atoms with Crippen molar-refractivity contribution >= 4 is 5.97 Å². The second-order valence-electron chi connectivity index (χ2n) is 11.7. The Hall–Kier alpha value is -0.650. The molecule has 4 aliphatic rings. The van der Waals surface area contributed by atoms with Crippen LogP contribution in [-0.4, -0.2) is 46.7 Å². The molecular weight excluding hydrogens is 380 g/mol. The van der Waals surface area contributed by atoms with Crippen LogP contribution in [0.4, 0.5) is 0 Å². The largest absolute Gasteiger partial charge is 0.469 e. The smallest absolute Gasteiger partial charge is 0.305 e. The van der Waals surface area contributed by atoms with Gasteiger partial charge in [-0.15, -0.1) is 0 Å². The summed E-state index contributed by atoms with van der Waals surface area (Å²) >= 11 is 0. The minimum Gasteiger partial charge on any atom is -0.469 e. The summed E-state index contributed by atoms with van der Waals surface area (Å²) in [4.78, 5) is 11.7. The van der Waals surface area contributed by atoms with E-state index in [0.717, 1.165) is 51.4 Å². The summed E-state index contributed by atoms with van der Waals surface area (Å²) in [5.74, 6) is 1.64. The van der Waals surface area contributed by atoms with Crippen LogP contribution in [0.3, 0.4) is 0 Å². The molecule has 4 aliphatic carbocycles. The number of rotatable bonds is 4. The Morgan fingerprint density at radius 2 is 1.73 bits per heavy atom. The zero-order valence-corrected chi connectivity index (χ0v) is 19.2. The van der Waals surface area contributed by atoms with Crippen molar-refractivity contribution in [3.05, 3.63) is 0 Å². The van der Waals surface area contributed by atoms with E-state index in [1.165, 1.54) is 7.11 Å².